The smallest absolute Gasteiger partial charge is 0.337 e. The van der Waals surface area contributed by atoms with E-state index in [9.17, 15) is 9.59 Å². The first kappa shape index (κ1) is 12.3. The summed E-state index contributed by atoms with van der Waals surface area (Å²) in [4.78, 5) is 23.1. The molecule has 0 radical (unpaired) electrons. The molecule has 0 amide bonds. The number of carbonyl (C=O) groups is 2. The average Bonchev–Trinajstić information content (AvgIpc) is 2.39. The number of hydrogen-bond donors (Lipinski definition) is 1. The third kappa shape index (κ3) is 2.26. The molecular formula is C14H9ClO3. The summed E-state index contributed by atoms with van der Waals surface area (Å²) in [6.07, 6.45) is 0. The van der Waals surface area contributed by atoms with Gasteiger partial charge in [0.1, 0.15) is 0 Å². The van der Waals surface area contributed by atoms with Crippen LogP contribution in [0.1, 0.15) is 26.3 Å². The minimum absolute atomic E-state index is 0.0288. The highest BCUT2D eigenvalue weighted by molar-refractivity contribution is 6.37. The Balaban J connectivity index is 2.50. The van der Waals surface area contributed by atoms with Gasteiger partial charge in [0, 0.05) is 11.1 Å². The molecule has 0 fully saturated rings. The summed E-state index contributed by atoms with van der Waals surface area (Å²) >= 11 is 5.95. The van der Waals surface area contributed by atoms with Gasteiger partial charge in [-0.3, -0.25) is 4.79 Å². The topological polar surface area (TPSA) is 54.4 Å². The molecular weight excluding hydrogens is 252 g/mol. The number of carboxylic acids is 1. The third-order valence-corrected chi connectivity index (χ3v) is 2.92. The number of hydrogen-bond acceptors (Lipinski definition) is 2. The number of carboxylic acid groups (broad SMARTS) is 1. The van der Waals surface area contributed by atoms with Crippen molar-refractivity contribution in [1.82, 2.24) is 0 Å². The molecule has 0 bridgehead atoms. The summed E-state index contributed by atoms with van der Waals surface area (Å²) in [5.74, 6) is -1.44. The number of halogens is 1. The maximum Gasteiger partial charge on any atom is 0.337 e. The van der Waals surface area contributed by atoms with E-state index in [4.69, 9.17) is 16.7 Å². The molecule has 0 saturated heterocycles. The highest BCUT2D eigenvalue weighted by Gasteiger charge is 2.17. The molecule has 2 aromatic carbocycles. The van der Waals surface area contributed by atoms with Gasteiger partial charge in [-0.1, -0.05) is 48.0 Å². The molecule has 4 heteroatoms. The molecule has 3 nitrogen and oxygen atoms in total. The van der Waals surface area contributed by atoms with Gasteiger partial charge < -0.3 is 5.11 Å². The molecule has 2 rings (SSSR count). The average molecular weight is 261 g/mol. The fourth-order valence-corrected chi connectivity index (χ4v) is 1.91. The van der Waals surface area contributed by atoms with Gasteiger partial charge in [0.15, 0.2) is 5.78 Å². The zero-order chi connectivity index (χ0) is 13.1. The summed E-state index contributed by atoms with van der Waals surface area (Å²) < 4.78 is 0. The van der Waals surface area contributed by atoms with E-state index in [1.807, 2.05) is 0 Å². The molecule has 0 unspecified atom stereocenters. The lowest BCUT2D eigenvalue weighted by atomic mass is 10.0. The Bertz CT molecular complexity index is 606. The lowest BCUT2D eigenvalue weighted by molar-refractivity contribution is 0.0697. The molecule has 0 saturated carbocycles. The Morgan fingerprint density at radius 2 is 1.50 bits per heavy atom. The fourth-order valence-electron chi connectivity index (χ4n) is 1.62. The SMILES string of the molecule is O=C(O)c1cccc(C(=O)c2ccccc2)c1Cl. The molecule has 90 valence electrons. The van der Waals surface area contributed by atoms with E-state index in [0.29, 0.717) is 5.56 Å². The van der Waals surface area contributed by atoms with Gasteiger partial charge >= 0.3 is 5.97 Å². The van der Waals surface area contributed by atoms with E-state index >= 15 is 0 Å². The van der Waals surface area contributed by atoms with Crippen molar-refractivity contribution >= 4 is 23.4 Å². The van der Waals surface area contributed by atoms with Gasteiger partial charge in [0.2, 0.25) is 0 Å². The second-order valence-corrected chi connectivity index (χ2v) is 4.05. The van der Waals surface area contributed by atoms with E-state index in [1.165, 1.54) is 18.2 Å². The zero-order valence-corrected chi connectivity index (χ0v) is 10.0. The number of ketones is 1. The Labute approximate surface area is 109 Å². The van der Waals surface area contributed by atoms with Crippen LogP contribution in [-0.2, 0) is 0 Å². The minimum Gasteiger partial charge on any atom is -0.478 e. The second kappa shape index (κ2) is 5.02. The van der Waals surface area contributed by atoms with Crippen LogP contribution in [0.25, 0.3) is 0 Å². The van der Waals surface area contributed by atoms with Gasteiger partial charge in [-0.25, -0.2) is 4.79 Å². The van der Waals surface area contributed by atoms with Crippen LogP contribution in [0.15, 0.2) is 48.5 Å². The van der Waals surface area contributed by atoms with Crippen molar-refractivity contribution in [3.63, 3.8) is 0 Å². The maximum atomic E-state index is 12.2. The predicted molar refractivity (Wildman–Crippen MR) is 68.3 cm³/mol. The number of benzene rings is 2. The van der Waals surface area contributed by atoms with E-state index < -0.39 is 5.97 Å². The normalized spacial score (nSPS) is 10.1. The quantitative estimate of drug-likeness (QED) is 0.862. The Morgan fingerprint density at radius 1 is 0.889 bits per heavy atom. The largest absolute Gasteiger partial charge is 0.478 e. The first-order valence-corrected chi connectivity index (χ1v) is 5.60. The van der Waals surface area contributed by atoms with Crippen molar-refractivity contribution in [1.29, 1.82) is 0 Å². The lowest BCUT2D eigenvalue weighted by Gasteiger charge is -2.06. The predicted octanol–water partition coefficient (Wildman–Crippen LogP) is 3.27. The van der Waals surface area contributed by atoms with Crippen molar-refractivity contribution in [3.8, 4) is 0 Å². The number of aromatic carboxylic acids is 1. The van der Waals surface area contributed by atoms with Crippen LogP contribution in [0.5, 0.6) is 0 Å². The van der Waals surface area contributed by atoms with Crippen molar-refractivity contribution in [2.75, 3.05) is 0 Å². The van der Waals surface area contributed by atoms with Gasteiger partial charge in [-0.15, -0.1) is 0 Å². The lowest BCUT2D eigenvalue weighted by Crippen LogP contribution is -2.06. The van der Waals surface area contributed by atoms with Crippen LogP contribution >= 0.6 is 11.6 Å². The molecule has 0 aliphatic rings. The third-order valence-electron chi connectivity index (χ3n) is 2.51. The van der Waals surface area contributed by atoms with E-state index in [0.717, 1.165) is 0 Å². The van der Waals surface area contributed by atoms with Crippen LogP contribution in [-0.4, -0.2) is 16.9 Å². The standard InChI is InChI=1S/C14H9ClO3/c15-12-10(7-4-8-11(12)14(17)18)13(16)9-5-2-1-3-6-9/h1-8H,(H,17,18). The van der Waals surface area contributed by atoms with Crippen LogP contribution in [0, 0.1) is 0 Å². The van der Waals surface area contributed by atoms with Gasteiger partial charge in [-0.2, -0.15) is 0 Å². The highest BCUT2D eigenvalue weighted by atomic mass is 35.5. The van der Waals surface area contributed by atoms with Crippen molar-refractivity contribution in [2.24, 2.45) is 0 Å². The number of carbonyl (C=O) groups excluding carboxylic acids is 1. The Kier molecular flexibility index (Phi) is 3.44. The highest BCUT2D eigenvalue weighted by Crippen LogP contribution is 2.23. The Morgan fingerprint density at radius 3 is 2.11 bits per heavy atom. The van der Waals surface area contributed by atoms with Crippen LogP contribution in [0.4, 0.5) is 0 Å². The fraction of sp³-hybridized carbons (Fsp3) is 0. The van der Waals surface area contributed by atoms with Crippen molar-refractivity contribution in [3.05, 3.63) is 70.2 Å². The molecule has 18 heavy (non-hydrogen) atoms. The summed E-state index contributed by atoms with van der Waals surface area (Å²) in [7, 11) is 0. The minimum atomic E-state index is -1.15. The molecule has 0 spiro atoms. The van der Waals surface area contributed by atoms with E-state index in [-0.39, 0.29) is 21.9 Å². The summed E-state index contributed by atoms with van der Waals surface area (Å²) in [6, 6.07) is 13.0. The molecule has 0 aromatic heterocycles. The van der Waals surface area contributed by atoms with E-state index in [2.05, 4.69) is 0 Å². The van der Waals surface area contributed by atoms with Crippen LogP contribution in [0.2, 0.25) is 5.02 Å². The van der Waals surface area contributed by atoms with Gasteiger partial charge in [0.25, 0.3) is 0 Å². The molecule has 0 aliphatic heterocycles. The summed E-state index contributed by atoms with van der Waals surface area (Å²) in [6.45, 7) is 0. The second-order valence-electron chi connectivity index (χ2n) is 3.67. The molecule has 0 aliphatic carbocycles. The van der Waals surface area contributed by atoms with Gasteiger partial charge in [-0.05, 0) is 12.1 Å². The van der Waals surface area contributed by atoms with Gasteiger partial charge in [0.05, 0.1) is 10.6 Å². The molecule has 0 atom stereocenters. The Hall–Kier alpha value is -2.13. The van der Waals surface area contributed by atoms with Crippen molar-refractivity contribution < 1.29 is 14.7 Å². The molecule has 0 heterocycles. The maximum absolute atomic E-state index is 12.2. The first-order chi connectivity index (χ1) is 8.61. The van der Waals surface area contributed by atoms with E-state index in [1.54, 1.807) is 30.3 Å². The van der Waals surface area contributed by atoms with Crippen LogP contribution < -0.4 is 0 Å². The van der Waals surface area contributed by atoms with Crippen molar-refractivity contribution in [2.45, 2.75) is 0 Å². The molecule has 1 N–H and O–H groups in total. The van der Waals surface area contributed by atoms with Crippen LogP contribution in [0.3, 0.4) is 0 Å². The first-order valence-electron chi connectivity index (χ1n) is 5.23. The summed E-state index contributed by atoms with van der Waals surface area (Å²) in [5, 5.41) is 8.92. The summed E-state index contributed by atoms with van der Waals surface area (Å²) in [5.41, 5.74) is 0.600. The number of rotatable bonds is 3. The zero-order valence-electron chi connectivity index (χ0n) is 9.26. The monoisotopic (exact) mass is 260 g/mol. The molecule has 2 aromatic rings.